The Morgan fingerprint density at radius 1 is 1.39 bits per heavy atom. The number of hydrogen-bond donors (Lipinski definition) is 1. The summed E-state index contributed by atoms with van der Waals surface area (Å²) in [5, 5.41) is 12.5. The molecule has 0 bridgehead atoms. The van der Waals surface area contributed by atoms with E-state index in [1.165, 1.54) is 5.56 Å². The van der Waals surface area contributed by atoms with Gasteiger partial charge in [-0.3, -0.25) is 4.98 Å². The zero-order valence-corrected chi connectivity index (χ0v) is 13.1. The van der Waals surface area contributed by atoms with Crippen molar-refractivity contribution >= 4 is 5.69 Å². The number of nitrogens with one attached hydrogen (secondary N) is 1. The zero-order valence-electron chi connectivity index (χ0n) is 13.1. The summed E-state index contributed by atoms with van der Waals surface area (Å²) in [7, 11) is 1.68. The standard InChI is InChI=1S/C18H19N3O2/c1-22-13-18(12-21-17-6-8-20-11-15(17)10-19)16-5-3-2-4-14(16)7-9-23-18/h2-6,8,11H,7,9,12-13H2,1H3,(H,20,21). The molecule has 23 heavy (non-hydrogen) atoms. The van der Waals surface area contributed by atoms with Crippen molar-refractivity contribution in [3.05, 3.63) is 59.4 Å². The molecule has 1 aromatic heterocycles. The van der Waals surface area contributed by atoms with Gasteiger partial charge in [0.2, 0.25) is 0 Å². The first-order chi connectivity index (χ1) is 11.3. The fourth-order valence-corrected chi connectivity index (χ4v) is 3.04. The first kappa shape index (κ1) is 15.5. The highest BCUT2D eigenvalue weighted by atomic mass is 16.5. The Balaban J connectivity index is 1.90. The number of nitrogens with zero attached hydrogens (tertiary/aromatic N) is 2. The summed E-state index contributed by atoms with van der Waals surface area (Å²) in [5.41, 5.74) is 3.15. The molecule has 1 aromatic carbocycles. The van der Waals surface area contributed by atoms with Crippen molar-refractivity contribution in [1.82, 2.24) is 4.98 Å². The molecular formula is C18H19N3O2. The molecule has 1 aliphatic heterocycles. The molecule has 2 heterocycles. The van der Waals surface area contributed by atoms with Crippen LogP contribution in [-0.4, -0.2) is 31.9 Å². The minimum atomic E-state index is -0.556. The first-order valence-corrected chi connectivity index (χ1v) is 7.58. The van der Waals surface area contributed by atoms with Gasteiger partial charge in [-0.2, -0.15) is 5.26 Å². The Hall–Kier alpha value is -2.42. The van der Waals surface area contributed by atoms with Gasteiger partial charge in [0.05, 0.1) is 31.0 Å². The number of hydrogen-bond acceptors (Lipinski definition) is 5. The Labute approximate surface area is 135 Å². The Morgan fingerprint density at radius 3 is 3.09 bits per heavy atom. The van der Waals surface area contributed by atoms with Gasteiger partial charge in [-0.1, -0.05) is 24.3 Å². The largest absolute Gasteiger partial charge is 0.381 e. The van der Waals surface area contributed by atoms with Crippen molar-refractivity contribution in [3.63, 3.8) is 0 Å². The Morgan fingerprint density at radius 2 is 2.26 bits per heavy atom. The Bertz CT molecular complexity index is 726. The molecule has 1 N–H and O–H groups in total. The molecule has 0 spiro atoms. The van der Waals surface area contributed by atoms with E-state index >= 15 is 0 Å². The van der Waals surface area contributed by atoms with Crippen LogP contribution in [0.4, 0.5) is 5.69 Å². The van der Waals surface area contributed by atoms with Crippen LogP contribution < -0.4 is 5.32 Å². The minimum absolute atomic E-state index is 0.448. The van der Waals surface area contributed by atoms with E-state index in [0.717, 1.165) is 17.7 Å². The SMILES string of the molecule is COCC1(CNc2ccncc2C#N)OCCc2ccccc21. The molecule has 0 saturated heterocycles. The van der Waals surface area contributed by atoms with Gasteiger partial charge < -0.3 is 14.8 Å². The van der Waals surface area contributed by atoms with Crippen LogP contribution in [-0.2, 0) is 21.5 Å². The van der Waals surface area contributed by atoms with Crippen molar-refractivity contribution in [2.75, 3.05) is 32.2 Å². The molecule has 3 rings (SSSR count). The van der Waals surface area contributed by atoms with E-state index in [1.54, 1.807) is 25.6 Å². The van der Waals surface area contributed by atoms with Crippen LogP contribution in [0.5, 0.6) is 0 Å². The minimum Gasteiger partial charge on any atom is -0.381 e. The fourth-order valence-electron chi connectivity index (χ4n) is 3.04. The van der Waals surface area contributed by atoms with Gasteiger partial charge in [0, 0.05) is 19.5 Å². The number of benzene rings is 1. The third-order valence-electron chi connectivity index (χ3n) is 4.14. The normalized spacial score (nSPS) is 19.7. The van der Waals surface area contributed by atoms with Gasteiger partial charge in [0.25, 0.3) is 0 Å². The molecule has 2 aromatic rings. The van der Waals surface area contributed by atoms with Crippen LogP contribution in [0.1, 0.15) is 16.7 Å². The zero-order chi connectivity index (χ0) is 16.1. The maximum absolute atomic E-state index is 9.19. The summed E-state index contributed by atoms with van der Waals surface area (Å²) < 4.78 is 11.6. The van der Waals surface area contributed by atoms with Crippen LogP contribution in [0.25, 0.3) is 0 Å². The van der Waals surface area contributed by atoms with E-state index in [0.29, 0.717) is 25.3 Å². The maximum Gasteiger partial charge on any atom is 0.134 e. The quantitative estimate of drug-likeness (QED) is 0.919. The second-order valence-electron chi connectivity index (χ2n) is 5.57. The average molecular weight is 309 g/mol. The third-order valence-corrected chi connectivity index (χ3v) is 4.14. The second-order valence-corrected chi connectivity index (χ2v) is 5.57. The summed E-state index contributed by atoms with van der Waals surface area (Å²) in [5.74, 6) is 0. The number of pyridine rings is 1. The van der Waals surface area contributed by atoms with Crippen molar-refractivity contribution in [1.29, 1.82) is 5.26 Å². The van der Waals surface area contributed by atoms with Crippen LogP contribution in [0.2, 0.25) is 0 Å². The highest BCUT2D eigenvalue weighted by Gasteiger charge is 2.38. The molecular weight excluding hydrogens is 290 g/mol. The number of anilines is 1. The van der Waals surface area contributed by atoms with Crippen molar-refractivity contribution in [2.24, 2.45) is 0 Å². The highest BCUT2D eigenvalue weighted by Crippen LogP contribution is 2.34. The van der Waals surface area contributed by atoms with Gasteiger partial charge in [-0.05, 0) is 23.6 Å². The summed E-state index contributed by atoms with van der Waals surface area (Å²) in [6.45, 7) is 1.63. The number of aromatic nitrogens is 1. The van der Waals surface area contributed by atoms with Gasteiger partial charge in [-0.15, -0.1) is 0 Å². The van der Waals surface area contributed by atoms with Crippen molar-refractivity contribution in [3.8, 4) is 6.07 Å². The van der Waals surface area contributed by atoms with E-state index in [4.69, 9.17) is 9.47 Å². The predicted octanol–water partition coefficient (Wildman–Crippen LogP) is 2.48. The molecule has 1 atom stereocenters. The first-order valence-electron chi connectivity index (χ1n) is 7.58. The molecule has 0 aliphatic carbocycles. The number of nitriles is 1. The lowest BCUT2D eigenvalue weighted by atomic mass is 9.86. The molecule has 0 radical (unpaired) electrons. The summed E-state index contributed by atoms with van der Waals surface area (Å²) >= 11 is 0. The fraction of sp³-hybridized carbons (Fsp3) is 0.333. The lowest BCUT2D eigenvalue weighted by Gasteiger charge is -2.39. The van der Waals surface area contributed by atoms with Gasteiger partial charge in [-0.25, -0.2) is 0 Å². The third kappa shape index (κ3) is 3.04. The van der Waals surface area contributed by atoms with Crippen molar-refractivity contribution < 1.29 is 9.47 Å². The van der Waals surface area contributed by atoms with Crippen LogP contribution in [0.15, 0.2) is 42.7 Å². The van der Waals surface area contributed by atoms with Gasteiger partial charge >= 0.3 is 0 Å². The number of ether oxygens (including phenoxy) is 2. The smallest absolute Gasteiger partial charge is 0.134 e. The van der Waals surface area contributed by atoms with E-state index in [9.17, 15) is 5.26 Å². The second kappa shape index (κ2) is 6.78. The van der Waals surface area contributed by atoms with Crippen LogP contribution in [0, 0.1) is 11.3 Å². The van der Waals surface area contributed by atoms with Crippen molar-refractivity contribution in [2.45, 2.75) is 12.0 Å². The van der Waals surface area contributed by atoms with Crippen LogP contribution >= 0.6 is 0 Å². The number of methoxy groups -OCH3 is 1. The molecule has 5 heteroatoms. The van der Waals surface area contributed by atoms with Crippen LogP contribution in [0.3, 0.4) is 0 Å². The predicted molar refractivity (Wildman–Crippen MR) is 87.1 cm³/mol. The molecule has 0 saturated carbocycles. The molecule has 0 fully saturated rings. The van der Waals surface area contributed by atoms with E-state index in [-0.39, 0.29) is 0 Å². The summed E-state index contributed by atoms with van der Waals surface area (Å²) in [6.07, 6.45) is 4.13. The molecule has 118 valence electrons. The van der Waals surface area contributed by atoms with E-state index < -0.39 is 5.60 Å². The number of rotatable bonds is 5. The summed E-state index contributed by atoms with van der Waals surface area (Å²) in [6, 6.07) is 12.2. The van der Waals surface area contributed by atoms with Gasteiger partial charge in [0.15, 0.2) is 0 Å². The lowest BCUT2D eigenvalue weighted by molar-refractivity contribution is -0.0936. The van der Waals surface area contributed by atoms with E-state index in [2.05, 4.69) is 28.5 Å². The molecule has 5 nitrogen and oxygen atoms in total. The topological polar surface area (TPSA) is 67.2 Å². The highest BCUT2D eigenvalue weighted by molar-refractivity contribution is 5.56. The molecule has 1 unspecified atom stereocenters. The van der Waals surface area contributed by atoms with Gasteiger partial charge in [0.1, 0.15) is 11.7 Å². The number of fused-ring (bicyclic) bond motifs is 1. The summed E-state index contributed by atoms with van der Waals surface area (Å²) in [4.78, 5) is 3.98. The average Bonchev–Trinajstić information content (AvgIpc) is 2.61. The monoisotopic (exact) mass is 309 g/mol. The molecule has 0 amide bonds. The lowest BCUT2D eigenvalue weighted by Crippen LogP contribution is -2.45. The maximum atomic E-state index is 9.19. The Kier molecular flexibility index (Phi) is 4.56. The molecule has 1 aliphatic rings. The van der Waals surface area contributed by atoms with E-state index in [1.807, 2.05) is 12.1 Å².